The molecule has 0 spiro atoms. The Morgan fingerprint density at radius 1 is 1.28 bits per heavy atom. The number of nitrogens with zero attached hydrogens (tertiary/aromatic N) is 3. The summed E-state index contributed by atoms with van der Waals surface area (Å²) in [5.41, 5.74) is 2.24. The van der Waals surface area contributed by atoms with E-state index < -0.39 is 0 Å². The zero-order valence-corrected chi connectivity index (χ0v) is 14.8. The van der Waals surface area contributed by atoms with Gasteiger partial charge in [0.1, 0.15) is 5.82 Å². The van der Waals surface area contributed by atoms with Crippen molar-refractivity contribution in [3.8, 4) is 6.01 Å². The first-order valence-corrected chi connectivity index (χ1v) is 9.35. The molecule has 25 heavy (non-hydrogen) atoms. The molecule has 3 heterocycles. The lowest BCUT2D eigenvalue weighted by Crippen LogP contribution is -2.44. The fourth-order valence-electron chi connectivity index (χ4n) is 3.73. The summed E-state index contributed by atoms with van der Waals surface area (Å²) in [7, 11) is 0. The van der Waals surface area contributed by atoms with Gasteiger partial charge in [0.05, 0.1) is 18.2 Å². The predicted molar refractivity (Wildman–Crippen MR) is 98.5 cm³/mol. The van der Waals surface area contributed by atoms with Crippen molar-refractivity contribution in [2.45, 2.75) is 32.3 Å². The van der Waals surface area contributed by atoms with Crippen LogP contribution in [0.1, 0.15) is 25.3 Å². The molecule has 2 saturated heterocycles. The molecule has 134 valence electrons. The van der Waals surface area contributed by atoms with Crippen LogP contribution in [0.3, 0.4) is 0 Å². The van der Waals surface area contributed by atoms with Crippen LogP contribution in [-0.4, -0.2) is 55.5 Å². The van der Waals surface area contributed by atoms with Gasteiger partial charge in [-0.25, -0.2) is 0 Å². The number of fused-ring (bicyclic) bond motifs is 1. The van der Waals surface area contributed by atoms with E-state index in [-0.39, 0.29) is 0 Å². The smallest absolute Gasteiger partial charge is 0.318 e. The van der Waals surface area contributed by atoms with Gasteiger partial charge in [-0.2, -0.15) is 9.97 Å². The van der Waals surface area contributed by atoms with Crippen molar-refractivity contribution in [1.82, 2.24) is 15.3 Å². The minimum Gasteiger partial charge on any atom is -0.464 e. The topological polar surface area (TPSA) is 59.5 Å². The second kappa shape index (κ2) is 7.54. The number of rotatable bonds is 5. The lowest BCUT2D eigenvalue weighted by Gasteiger charge is -2.30. The van der Waals surface area contributed by atoms with Crippen LogP contribution in [0.4, 0.5) is 5.82 Å². The summed E-state index contributed by atoms with van der Waals surface area (Å²) in [6.45, 7) is 7.27. The molecular weight excluding hydrogens is 316 g/mol. The van der Waals surface area contributed by atoms with Gasteiger partial charge < -0.3 is 19.7 Å². The first kappa shape index (κ1) is 16.5. The molecular formula is C19H26N4O2. The summed E-state index contributed by atoms with van der Waals surface area (Å²) in [5.74, 6) is 1.00. The van der Waals surface area contributed by atoms with Crippen molar-refractivity contribution in [3.05, 3.63) is 23.8 Å². The average Bonchev–Trinajstić information content (AvgIpc) is 3.15. The second-order valence-corrected chi connectivity index (χ2v) is 6.65. The number of benzene rings is 1. The molecule has 4 rings (SSSR count). The van der Waals surface area contributed by atoms with Crippen molar-refractivity contribution in [3.63, 3.8) is 0 Å². The van der Waals surface area contributed by atoms with Gasteiger partial charge in [0.25, 0.3) is 0 Å². The van der Waals surface area contributed by atoms with Crippen molar-refractivity contribution in [2.75, 3.05) is 44.3 Å². The SMILES string of the molecule is CCOc1nc(N2CCNCC2)c2c(CC3CCCO3)cccc2n1. The number of hydrogen-bond acceptors (Lipinski definition) is 6. The van der Waals surface area contributed by atoms with Crippen molar-refractivity contribution < 1.29 is 9.47 Å². The molecule has 0 bridgehead atoms. The highest BCUT2D eigenvalue weighted by molar-refractivity contribution is 5.93. The maximum absolute atomic E-state index is 5.86. The molecule has 0 radical (unpaired) electrons. The molecule has 1 unspecified atom stereocenters. The molecule has 2 aromatic rings. The van der Waals surface area contributed by atoms with E-state index in [2.05, 4.69) is 33.4 Å². The first-order valence-electron chi connectivity index (χ1n) is 9.35. The Hall–Kier alpha value is -1.92. The summed E-state index contributed by atoms with van der Waals surface area (Å²) in [6.07, 6.45) is 3.53. The molecule has 2 aliphatic heterocycles. The van der Waals surface area contributed by atoms with Crippen LogP contribution < -0.4 is 15.0 Å². The average molecular weight is 342 g/mol. The van der Waals surface area contributed by atoms with Crippen LogP contribution in [0, 0.1) is 0 Å². The van der Waals surface area contributed by atoms with Gasteiger partial charge >= 0.3 is 6.01 Å². The van der Waals surface area contributed by atoms with Crippen LogP contribution in [-0.2, 0) is 11.2 Å². The standard InChI is InChI=1S/C19H26N4O2/c1-2-24-19-21-16-7-3-5-14(13-15-6-4-12-25-15)17(16)18(22-19)23-10-8-20-9-11-23/h3,5,7,15,20H,2,4,6,8-13H2,1H3. The molecule has 6 nitrogen and oxygen atoms in total. The molecule has 0 saturated carbocycles. The quantitative estimate of drug-likeness (QED) is 0.899. The lowest BCUT2D eigenvalue weighted by molar-refractivity contribution is 0.111. The van der Waals surface area contributed by atoms with Crippen LogP contribution in [0.25, 0.3) is 10.9 Å². The Morgan fingerprint density at radius 3 is 2.92 bits per heavy atom. The van der Waals surface area contributed by atoms with Gasteiger partial charge in [0.15, 0.2) is 0 Å². The predicted octanol–water partition coefficient (Wildman–Crippen LogP) is 2.16. The Kier molecular flexibility index (Phi) is 4.99. The van der Waals surface area contributed by atoms with Crippen molar-refractivity contribution >= 4 is 16.7 Å². The molecule has 0 amide bonds. The number of anilines is 1. The van der Waals surface area contributed by atoms with E-state index in [9.17, 15) is 0 Å². The van der Waals surface area contributed by atoms with E-state index in [1.807, 2.05) is 6.92 Å². The maximum atomic E-state index is 5.86. The summed E-state index contributed by atoms with van der Waals surface area (Å²) in [4.78, 5) is 11.8. The molecule has 1 N–H and O–H groups in total. The van der Waals surface area contributed by atoms with E-state index in [1.165, 1.54) is 5.56 Å². The number of nitrogens with one attached hydrogen (secondary N) is 1. The van der Waals surface area contributed by atoms with Gasteiger partial charge in [0.2, 0.25) is 0 Å². The highest BCUT2D eigenvalue weighted by atomic mass is 16.5. The second-order valence-electron chi connectivity index (χ2n) is 6.65. The molecule has 1 aromatic carbocycles. The number of aromatic nitrogens is 2. The fraction of sp³-hybridized carbons (Fsp3) is 0.579. The molecule has 6 heteroatoms. The molecule has 1 aromatic heterocycles. The normalized spacial score (nSPS) is 21.0. The third-order valence-corrected chi connectivity index (χ3v) is 4.93. The van der Waals surface area contributed by atoms with Crippen LogP contribution in [0.15, 0.2) is 18.2 Å². The number of hydrogen-bond donors (Lipinski definition) is 1. The fourth-order valence-corrected chi connectivity index (χ4v) is 3.73. The van der Waals surface area contributed by atoms with Gasteiger partial charge in [-0.05, 0) is 37.8 Å². The first-order chi connectivity index (χ1) is 12.3. The lowest BCUT2D eigenvalue weighted by atomic mass is 10.0. The number of ether oxygens (including phenoxy) is 2. The highest BCUT2D eigenvalue weighted by Crippen LogP contribution is 2.31. The third-order valence-electron chi connectivity index (χ3n) is 4.93. The van der Waals surface area contributed by atoms with E-state index in [0.717, 1.165) is 68.8 Å². The largest absolute Gasteiger partial charge is 0.464 e. The minimum absolute atomic E-state index is 0.313. The highest BCUT2D eigenvalue weighted by Gasteiger charge is 2.22. The van der Waals surface area contributed by atoms with E-state index in [0.29, 0.717) is 18.7 Å². The van der Waals surface area contributed by atoms with E-state index >= 15 is 0 Å². The zero-order valence-electron chi connectivity index (χ0n) is 14.8. The Balaban J connectivity index is 1.79. The number of piperazine rings is 1. The maximum Gasteiger partial charge on any atom is 0.318 e. The van der Waals surface area contributed by atoms with Crippen molar-refractivity contribution in [1.29, 1.82) is 0 Å². The minimum atomic E-state index is 0.313. The van der Waals surface area contributed by atoms with Crippen LogP contribution in [0.5, 0.6) is 6.01 Å². The zero-order chi connectivity index (χ0) is 17.1. The van der Waals surface area contributed by atoms with Crippen LogP contribution in [0.2, 0.25) is 0 Å². The van der Waals surface area contributed by atoms with Gasteiger partial charge in [-0.3, -0.25) is 0 Å². The summed E-state index contributed by atoms with van der Waals surface area (Å²) in [6, 6.07) is 6.80. The van der Waals surface area contributed by atoms with E-state index in [1.54, 1.807) is 0 Å². The van der Waals surface area contributed by atoms with Gasteiger partial charge in [0, 0.05) is 38.2 Å². The molecule has 2 aliphatic rings. The van der Waals surface area contributed by atoms with Gasteiger partial charge in [-0.1, -0.05) is 12.1 Å². The summed E-state index contributed by atoms with van der Waals surface area (Å²) < 4.78 is 11.5. The van der Waals surface area contributed by atoms with Crippen LogP contribution >= 0.6 is 0 Å². The summed E-state index contributed by atoms with van der Waals surface area (Å²) >= 11 is 0. The van der Waals surface area contributed by atoms with Gasteiger partial charge in [-0.15, -0.1) is 0 Å². The Labute approximate surface area is 148 Å². The molecule has 2 fully saturated rings. The Morgan fingerprint density at radius 2 is 2.16 bits per heavy atom. The van der Waals surface area contributed by atoms with E-state index in [4.69, 9.17) is 14.5 Å². The third kappa shape index (κ3) is 3.55. The van der Waals surface area contributed by atoms with Crippen molar-refractivity contribution in [2.24, 2.45) is 0 Å². The molecule has 0 aliphatic carbocycles. The summed E-state index contributed by atoms with van der Waals surface area (Å²) in [5, 5.41) is 4.57. The monoisotopic (exact) mass is 342 g/mol. The Bertz CT molecular complexity index is 725. The molecule has 1 atom stereocenters.